The van der Waals surface area contributed by atoms with Crippen molar-refractivity contribution in [1.29, 1.82) is 0 Å². The molecule has 1 aliphatic rings. The van der Waals surface area contributed by atoms with Crippen molar-refractivity contribution >= 4 is 21.6 Å². The first-order chi connectivity index (χ1) is 12.0. The Morgan fingerprint density at radius 3 is 2.58 bits per heavy atom. The molecule has 3 rings (SSSR count). The van der Waals surface area contributed by atoms with Crippen LogP contribution in [-0.2, 0) is 16.9 Å². The van der Waals surface area contributed by atoms with E-state index >= 15 is 0 Å². The van der Waals surface area contributed by atoms with Crippen LogP contribution in [-0.4, -0.2) is 41.2 Å². The molecule has 0 radical (unpaired) electrons. The van der Waals surface area contributed by atoms with Crippen molar-refractivity contribution in [2.24, 2.45) is 18.7 Å². The predicted octanol–water partition coefficient (Wildman–Crippen LogP) is 1.37. The Hall–Kier alpha value is -2.42. The maximum absolute atomic E-state index is 13.1. The maximum Gasteiger partial charge on any atom is 0.253 e. The summed E-state index contributed by atoms with van der Waals surface area (Å²) in [7, 11) is -2.32. The molecular weight excluding hydrogens is 354 g/mol. The van der Waals surface area contributed by atoms with E-state index in [0.717, 1.165) is 6.42 Å². The van der Waals surface area contributed by atoms with Crippen molar-refractivity contribution in [3.8, 4) is 0 Å². The van der Waals surface area contributed by atoms with Gasteiger partial charge in [-0.15, -0.1) is 0 Å². The second kappa shape index (κ2) is 6.08. The molecular formula is C17H23N5O3S. The number of aromatic nitrogens is 3. The van der Waals surface area contributed by atoms with Gasteiger partial charge in [0, 0.05) is 31.5 Å². The van der Waals surface area contributed by atoms with Crippen molar-refractivity contribution < 1.29 is 13.2 Å². The SMILES string of the molecule is C[C@@H]1CN(c2nccc(S(=O)(=O)c3cnn(C)c3)c2C(N)=O)C(C)(C)C1. The lowest BCUT2D eigenvalue weighted by molar-refractivity contribution is 0.0997. The van der Waals surface area contributed by atoms with Gasteiger partial charge < -0.3 is 10.6 Å². The smallest absolute Gasteiger partial charge is 0.253 e. The quantitative estimate of drug-likeness (QED) is 0.861. The molecule has 0 saturated carbocycles. The van der Waals surface area contributed by atoms with Crippen LogP contribution < -0.4 is 10.6 Å². The van der Waals surface area contributed by atoms with E-state index in [1.807, 2.05) is 18.7 Å². The third-order valence-corrected chi connectivity index (χ3v) is 6.50. The number of nitrogens with two attached hydrogens (primary N) is 1. The number of hydrogen-bond acceptors (Lipinski definition) is 6. The molecule has 2 N–H and O–H groups in total. The summed E-state index contributed by atoms with van der Waals surface area (Å²) < 4.78 is 27.5. The second-order valence-corrected chi connectivity index (χ2v) is 9.38. The van der Waals surface area contributed by atoms with Gasteiger partial charge in [-0.05, 0) is 32.3 Å². The fourth-order valence-corrected chi connectivity index (χ4v) is 5.15. The summed E-state index contributed by atoms with van der Waals surface area (Å²) in [6.45, 7) is 6.88. The van der Waals surface area contributed by atoms with Crippen LogP contribution in [0, 0.1) is 5.92 Å². The Kier molecular flexibility index (Phi) is 4.30. The highest BCUT2D eigenvalue weighted by molar-refractivity contribution is 7.91. The van der Waals surface area contributed by atoms with Gasteiger partial charge in [0.1, 0.15) is 16.3 Å². The minimum Gasteiger partial charge on any atom is -0.365 e. The van der Waals surface area contributed by atoms with Gasteiger partial charge in [-0.2, -0.15) is 5.10 Å². The van der Waals surface area contributed by atoms with Gasteiger partial charge in [-0.25, -0.2) is 13.4 Å². The molecule has 2 aromatic heterocycles. The standard InChI is InChI=1S/C17H23N5O3S/c1-11-7-17(2,3)22(9-11)16-14(15(18)23)13(5-6-19-16)26(24,25)12-8-20-21(4)10-12/h5-6,8,10-11H,7,9H2,1-4H3,(H2,18,23)/t11-/m0/s1. The van der Waals surface area contributed by atoms with E-state index in [1.54, 1.807) is 7.05 Å². The first-order valence-corrected chi connectivity index (χ1v) is 9.82. The first kappa shape index (κ1) is 18.4. The van der Waals surface area contributed by atoms with E-state index in [-0.39, 0.29) is 20.9 Å². The Morgan fingerprint density at radius 1 is 1.38 bits per heavy atom. The third-order valence-electron chi connectivity index (χ3n) is 4.75. The fraction of sp³-hybridized carbons (Fsp3) is 0.471. The molecule has 0 bridgehead atoms. The van der Waals surface area contributed by atoms with Crippen LogP contribution in [0.4, 0.5) is 5.82 Å². The van der Waals surface area contributed by atoms with Gasteiger partial charge >= 0.3 is 0 Å². The van der Waals surface area contributed by atoms with Gasteiger partial charge in [-0.1, -0.05) is 6.92 Å². The number of carbonyl (C=O) groups is 1. The molecule has 140 valence electrons. The monoisotopic (exact) mass is 377 g/mol. The molecule has 1 aliphatic heterocycles. The number of anilines is 1. The van der Waals surface area contributed by atoms with Crippen LogP contribution in [0.5, 0.6) is 0 Å². The lowest BCUT2D eigenvalue weighted by atomic mass is 9.97. The molecule has 0 unspecified atom stereocenters. The van der Waals surface area contributed by atoms with E-state index in [4.69, 9.17) is 5.73 Å². The number of rotatable bonds is 4. The average molecular weight is 377 g/mol. The highest BCUT2D eigenvalue weighted by atomic mass is 32.2. The van der Waals surface area contributed by atoms with Crippen LogP contribution in [0.2, 0.25) is 0 Å². The molecule has 9 heteroatoms. The second-order valence-electron chi connectivity index (χ2n) is 7.46. The maximum atomic E-state index is 13.1. The van der Waals surface area contributed by atoms with Crippen LogP contribution in [0.15, 0.2) is 34.4 Å². The Balaban J connectivity index is 2.22. The highest BCUT2D eigenvalue weighted by Crippen LogP contribution is 2.39. The van der Waals surface area contributed by atoms with E-state index in [2.05, 4.69) is 17.0 Å². The number of pyridine rings is 1. The lowest BCUT2D eigenvalue weighted by Crippen LogP contribution is -2.40. The van der Waals surface area contributed by atoms with Gasteiger partial charge in [0.05, 0.1) is 11.1 Å². The molecule has 2 aromatic rings. The molecule has 1 fully saturated rings. The van der Waals surface area contributed by atoms with Crippen LogP contribution in [0.1, 0.15) is 37.6 Å². The molecule has 0 aliphatic carbocycles. The topological polar surface area (TPSA) is 111 Å². The molecule has 1 amide bonds. The van der Waals surface area contributed by atoms with Crippen molar-refractivity contribution in [2.75, 3.05) is 11.4 Å². The van der Waals surface area contributed by atoms with E-state index < -0.39 is 15.7 Å². The number of hydrogen-bond donors (Lipinski definition) is 1. The van der Waals surface area contributed by atoms with Crippen molar-refractivity contribution in [3.63, 3.8) is 0 Å². The zero-order valence-electron chi connectivity index (χ0n) is 15.3. The Bertz CT molecular complexity index is 965. The lowest BCUT2D eigenvalue weighted by Gasteiger charge is -2.33. The van der Waals surface area contributed by atoms with Crippen LogP contribution in [0.25, 0.3) is 0 Å². The first-order valence-electron chi connectivity index (χ1n) is 8.34. The molecule has 8 nitrogen and oxygen atoms in total. The van der Waals surface area contributed by atoms with Gasteiger partial charge in [0.25, 0.3) is 5.91 Å². The molecule has 0 aromatic carbocycles. The van der Waals surface area contributed by atoms with E-state index in [0.29, 0.717) is 18.3 Å². The minimum atomic E-state index is -3.95. The van der Waals surface area contributed by atoms with Crippen LogP contribution >= 0.6 is 0 Å². The Morgan fingerprint density at radius 2 is 2.08 bits per heavy atom. The highest BCUT2D eigenvalue weighted by Gasteiger charge is 2.40. The predicted molar refractivity (Wildman–Crippen MR) is 96.6 cm³/mol. The molecule has 1 atom stereocenters. The third kappa shape index (κ3) is 2.96. The number of amides is 1. The largest absolute Gasteiger partial charge is 0.365 e. The number of primary amides is 1. The average Bonchev–Trinajstić information content (AvgIpc) is 3.09. The summed E-state index contributed by atoms with van der Waals surface area (Å²) in [5.74, 6) is -0.103. The van der Waals surface area contributed by atoms with Crippen molar-refractivity contribution in [3.05, 3.63) is 30.2 Å². The molecule has 0 spiro atoms. The summed E-state index contributed by atoms with van der Waals surface area (Å²) in [6, 6.07) is 1.32. The molecule has 26 heavy (non-hydrogen) atoms. The summed E-state index contributed by atoms with van der Waals surface area (Å²) in [4.78, 5) is 18.4. The normalized spacial score (nSPS) is 19.7. The van der Waals surface area contributed by atoms with Gasteiger partial charge in [0.15, 0.2) is 0 Å². The number of aryl methyl sites for hydroxylation is 1. The number of carbonyl (C=O) groups excluding carboxylic acids is 1. The fourth-order valence-electron chi connectivity index (χ4n) is 3.72. The summed E-state index contributed by atoms with van der Waals surface area (Å²) in [5.41, 5.74) is 5.27. The zero-order chi connectivity index (χ0) is 19.3. The zero-order valence-corrected chi connectivity index (χ0v) is 16.1. The molecule has 1 saturated heterocycles. The number of sulfone groups is 1. The van der Waals surface area contributed by atoms with E-state index in [1.165, 1.54) is 29.3 Å². The van der Waals surface area contributed by atoms with Crippen LogP contribution in [0.3, 0.4) is 0 Å². The van der Waals surface area contributed by atoms with Crippen molar-refractivity contribution in [2.45, 2.75) is 42.5 Å². The summed E-state index contributed by atoms with van der Waals surface area (Å²) in [6.07, 6.45) is 4.96. The Labute approximate surface area is 152 Å². The van der Waals surface area contributed by atoms with Crippen molar-refractivity contribution in [1.82, 2.24) is 14.8 Å². The minimum absolute atomic E-state index is 0.00806. The summed E-state index contributed by atoms with van der Waals surface area (Å²) >= 11 is 0. The molecule has 3 heterocycles. The number of nitrogens with zero attached hydrogens (tertiary/aromatic N) is 4. The summed E-state index contributed by atoms with van der Waals surface area (Å²) in [5, 5.41) is 3.91. The van der Waals surface area contributed by atoms with Gasteiger partial charge in [-0.3, -0.25) is 9.48 Å². The van der Waals surface area contributed by atoms with E-state index in [9.17, 15) is 13.2 Å². The van der Waals surface area contributed by atoms with Gasteiger partial charge in [0.2, 0.25) is 9.84 Å².